The van der Waals surface area contributed by atoms with E-state index in [4.69, 9.17) is 9.47 Å². The second kappa shape index (κ2) is 5.41. The molecule has 1 heterocycles. The van der Waals surface area contributed by atoms with E-state index < -0.39 is 0 Å². The second-order valence-corrected chi connectivity index (χ2v) is 6.09. The first-order valence-corrected chi connectivity index (χ1v) is 7.06. The molecule has 0 bridgehead atoms. The summed E-state index contributed by atoms with van der Waals surface area (Å²) in [6, 6.07) is 4.58. The summed E-state index contributed by atoms with van der Waals surface area (Å²) in [4.78, 5) is 0. The monoisotopic (exact) mass is 263 g/mol. The SMILES string of the molecule is CCNC1CCOc2c1cc(OC)cc2C(C)(C)C. The third kappa shape index (κ3) is 2.86. The van der Waals surface area contributed by atoms with Crippen LogP contribution in [0.15, 0.2) is 12.1 Å². The van der Waals surface area contributed by atoms with Gasteiger partial charge in [-0.15, -0.1) is 0 Å². The van der Waals surface area contributed by atoms with E-state index >= 15 is 0 Å². The van der Waals surface area contributed by atoms with Crippen molar-refractivity contribution in [3.63, 3.8) is 0 Å². The second-order valence-electron chi connectivity index (χ2n) is 6.09. The Kier molecular flexibility index (Phi) is 4.04. The van der Waals surface area contributed by atoms with Crippen LogP contribution < -0.4 is 14.8 Å². The summed E-state index contributed by atoms with van der Waals surface area (Å²) in [5, 5.41) is 3.54. The Labute approximate surface area is 116 Å². The fourth-order valence-corrected chi connectivity index (χ4v) is 2.61. The van der Waals surface area contributed by atoms with Crippen LogP contribution >= 0.6 is 0 Å². The predicted octanol–water partition coefficient (Wildman–Crippen LogP) is 3.43. The number of fused-ring (bicyclic) bond motifs is 1. The Hall–Kier alpha value is -1.22. The van der Waals surface area contributed by atoms with E-state index in [0.717, 1.165) is 31.1 Å². The number of nitrogens with one attached hydrogen (secondary N) is 1. The van der Waals surface area contributed by atoms with Crippen LogP contribution in [0.4, 0.5) is 0 Å². The van der Waals surface area contributed by atoms with Crippen molar-refractivity contribution in [3.05, 3.63) is 23.3 Å². The minimum atomic E-state index is 0.0483. The Bertz CT molecular complexity index is 449. The zero-order valence-electron chi connectivity index (χ0n) is 12.7. The number of methoxy groups -OCH3 is 1. The van der Waals surface area contributed by atoms with Gasteiger partial charge in [0.15, 0.2) is 0 Å². The average molecular weight is 263 g/mol. The van der Waals surface area contributed by atoms with Gasteiger partial charge in [-0.3, -0.25) is 0 Å². The van der Waals surface area contributed by atoms with Crippen LogP contribution in [0.5, 0.6) is 11.5 Å². The molecule has 0 aromatic heterocycles. The standard InChI is InChI=1S/C16H25NO2/c1-6-17-14-7-8-19-15-12(14)9-11(18-5)10-13(15)16(2,3)4/h9-10,14,17H,6-8H2,1-5H3. The summed E-state index contributed by atoms with van der Waals surface area (Å²) in [6.07, 6.45) is 1.01. The molecule has 1 N–H and O–H groups in total. The molecule has 0 spiro atoms. The first-order chi connectivity index (χ1) is 8.97. The molecular formula is C16H25NO2. The van der Waals surface area contributed by atoms with Crippen LogP contribution in [-0.4, -0.2) is 20.3 Å². The van der Waals surface area contributed by atoms with Gasteiger partial charge >= 0.3 is 0 Å². The molecule has 1 atom stereocenters. The highest BCUT2D eigenvalue weighted by atomic mass is 16.5. The van der Waals surface area contributed by atoms with Gasteiger partial charge < -0.3 is 14.8 Å². The van der Waals surface area contributed by atoms with Crippen LogP contribution in [0.2, 0.25) is 0 Å². The van der Waals surface area contributed by atoms with Crippen molar-refractivity contribution in [2.24, 2.45) is 0 Å². The number of hydrogen-bond acceptors (Lipinski definition) is 3. The van der Waals surface area contributed by atoms with Gasteiger partial charge in [-0.25, -0.2) is 0 Å². The third-order valence-electron chi connectivity index (χ3n) is 3.61. The van der Waals surface area contributed by atoms with Gasteiger partial charge in [-0.05, 0) is 24.1 Å². The zero-order valence-corrected chi connectivity index (χ0v) is 12.7. The Morgan fingerprint density at radius 1 is 1.37 bits per heavy atom. The van der Waals surface area contributed by atoms with E-state index in [0.29, 0.717) is 6.04 Å². The normalized spacial score (nSPS) is 18.7. The third-order valence-corrected chi connectivity index (χ3v) is 3.61. The summed E-state index contributed by atoms with van der Waals surface area (Å²) in [6.45, 7) is 10.5. The van der Waals surface area contributed by atoms with Crippen molar-refractivity contribution in [3.8, 4) is 11.5 Å². The van der Waals surface area contributed by atoms with Gasteiger partial charge in [0.1, 0.15) is 11.5 Å². The smallest absolute Gasteiger partial charge is 0.128 e. The van der Waals surface area contributed by atoms with Gasteiger partial charge in [0.2, 0.25) is 0 Å². The van der Waals surface area contributed by atoms with Gasteiger partial charge in [0, 0.05) is 23.6 Å². The molecule has 0 saturated heterocycles. The molecule has 0 fully saturated rings. The average Bonchev–Trinajstić information content (AvgIpc) is 2.37. The molecule has 1 aliphatic rings. The van der Waals surface area contributed by atoms with Crippen LogP contribution in [0.1, 0.15) is 51.3 Å². The van der Waals surface area contributed by atoms with E-state index in [2.05, 4.69) is 45.1 Å². The van der Waals surface area contributed by atoms with Crippen molar-refractivity contribution in [2.45, 2.75) is 45.6 Å². The summed E-state index contributed by atoms with van der Waals surface area (Å²) >= 11 is 0. The highest BCUT2D eigenvalue weighted by molar-refractivity contribution is 5.52. The van der Waals surface area contributed by atoms with Crippen molar-refractivity contribution in [1.29, 1.82) is 0 Å². The number of hydrogen-bond donors (Lipinski definition) is 1. The Morgan fingerprint density at radius 3 is 2.68 bits per heavy atom. The lowest BCUT2D eigenvalue weighted by Crippen LogP contribution is -2.28. The molecule has 1 unspecified atom stereocenters. The van der Waals surface area contributed by atoms with Crippen molar-refractivity contribution in [1.82, 2.24) is 5.32 Å². The quantitative estimate of drug-likeness (QED) is 0.906. The van der Waals surface area contributed by atoms with Crippen LogP contribution in [0.25, 0.3) is 0 Å². The number of benzene rings is 1. The molecule has 0 aliphatic carbocycles. The van der Waals surface area contributed by atoms with E-state index in [-0.39, 0.29) is 5.41 Å². The molecule has 0 amide bonds. The molecule has 1 aliphatic heterocycles. The minimum Gasteiger partial charge on any atom is -0.497 e. The van der Waals surface area contributed by atoms with Gasteiger partial charge in [0.05, 0.1) is 13.7 Å². The fraction of sp³-hybridized carbons (Fsp3) is 0.625. The molecule has 19 heavy (non-hydrogen) atoms. The van der Waals surface area contributed by atoms with Crippen molar-refractivity contribution in [2.75, 3.05) is 20.3 Å². The molecule has 3 nitrogen and oxygen atoms in total. The molecule has 0 radical (unpaired) electrons. The van der Waals surface area contributed by atoms with Crippen molar-refractivity contribution < 1.29 is 9.47 Å². The van der Waals surface area contributed by atoms with Gasteiger partial charge in [-0.1, -0.05) is 27.7 Å². The van der Waals surface area contributed by atoms with Crippen molar-refractivity contribution >= 4 is 0 Å². The molecule has 0 saturated carbocycles. The summed E-state index contributed by atoms with van der Waals surface area (Å²) in [5.41, 5.74) is 2.51. The summed E-state index contributed by atoms with van der Waals surface area (Å²) in [7, 11) is 1.72. The maximum absolute atomic E-state index is 5.96. The Balaban J connectivity index is 2.54. The molecule has 1 aromatic rings. The molecule has 2 rings (SSSR count). The van der Waals surface area contributed by atoms with Crippen LogP contribution in [0.3, 0.4) is 0 Å². The lowest BCUT2D eigenvalue weighted by atomic mass is 9.83. The van der Waals surface area contributed by atoms with Gasteiger partial charge in [-0.2, -0.15) is 0 Å². The van der Waals surface area contributed by atoms with Crippen LogP contribution in [-0.2, 0) is 5.41 Å². The summed E-state index contributed by atoms with van der Waals surface area (Å²) in [5.74, 6) is 1.96. The highest BCUT2D eigenvalue weighted by Crippen LogP contribution is 2.42. The maximum atomic E-state index is 5.96. The number of ether oxygens (including phenoxy) is 2. The highest BCUT2D eigenvalue weighted by Gasteiger charge is 2.29. The summed E-state index contributed by atoms with van der Waals surface area (Å²) < 4.78 is 11.4. The predicted molar refractivity (Wildman–Crippen MR) is 78.2 cm³/mol. The number of rotatable bonds is 3. The molecule has 106 valence electrons. The van der Waals surface area contributed by atoms with E-state index in [9.17, 15) is 0 Å². The zero-order chi connectivity index (χ0) is 14.0. The van der Waals surface area contributed by atoms with E-state index in [1.54, 1.807) is 7.11 Å². The first-order valence-electron chi connectivity index (χ1n) is 7.06. The molecule has 1 aromatic carbocycles. The fourth-order valence-electron chi connectivity index (χ4n) is 2.61. The molecular weight excluding hydrogens is 238 g/mol. The lowest BCUT2D eigenvalue weighted by molar-refractivity contribution is 0.246. The maximum Gasteiger partial charge on any atom is 0.128 e. The molecule has 3 heteroatoms. The minimum absolute atomic E-state index is 0.0483. The lowest BCUT2D eigenvalue weighted by Gasteiger charge is -2.32. The van der Waals surface area contributed by atoms with Gasteiger partial charge in [0.25, 0.3) is 0 Å². The van der Waals surface area contributed by atoms with Crippen LogP contribution in [0, 0.1) is 0 Å². The largest absolute Gasteiger partial charge is 0.497 e. The van der Waals surface area contributed by atoms with E-state index in [1.807, 2.05) is 0 Å². The first kappa shape index (κ1) is 14.2. The Morgan fingerprint density at radius 2 is 2.11 bits per heavy atom. The topological polar surface area (TPSA) is 30.5 Å². The van der Waals surface area contributed by atoms with E-state index in [1.165, 1.54) is 11.1 Å².